The second kappa shape index (κ2) is 6.40. The molecule has 0 amide bonds. The molecule has 1 N–H and O–H groups in total. The van der Waals surface area contributed by atoms with Gasteiger partial charge in [-0.25, -0.2) is 0 Å². The zero-order valence-electron chi connectivity index (χ0n) is 11.6. The molecule has 3 nitrogen and oxygen atoms in total. The molecule has 3 heteroatoms. The first-order chi connectivity index (χ1) is 9.42. The van der Waals surface area contributed by atoms with E-state index in [-0.39, 0.29) is 0 Å². The predicted molar refractivity (Wildman–Crippen MR) is 77.4 cm³/mol. The summed E-state index contributed by atoms with van der Waals surface area (Å²) < 4.78 is 5.81. The molecule has 1 aromatic carbocycles. The van der Waals surface area contributed by atoms with Crippen molar-refractivity contribution in [1.82, 2.24) is 10.2 Å². The molecule has 104 valence electrons. The van der Waals surface area contributed by atoms with E-state index >= 15 is 0 Å². The quantitative estimate of drug-likeness (QED) is 0.899. The fourth-order valence-corrected chi connectivity index (χ4v) is 3.14. The lowest BCUT2D eigenvalue weighted by atomic mass is 10.0. The molecule has 0 spiro atoms. The van der Waals surface area contributed by atoms with Crippen LogP contribution in [0, 0.1) is 5.92 Å². The fourth-order valence-electron chi connectivity index (χ4n) is 3.14. The lowest BCUT2D eigenvalue weighted by Crippen LogP contribution is -2.27. The summed E-state index contributed by atoms with van der Waals surface area (Å²) in [6.07, 6.45) is 4.05. The van der Waals surface area contributed by atoms with Crippen LogP contribution >= 0.6 is 0 Å². The summed E-state index contributed by atoms with van der Waals surface area (Å²) in [7, 11) is 0. The number of nitrogens with zero attached hydrogens (tertiary/aromatic N) is 1. The second-order valence-electron chi connectivity index (χ2n) is 5.73. The average Bonchev–Trinajstić information content (AvgIpc) is 2.85. The lowest BCUT2D eigenvalue weighted by Gasteiger charge is -2.20. The lowest BCUT2D eigenvalue weighted by molar-refractivity contribution is 0.219. The first kappa shape index (κ1) is 12.9. The van der Waals surface area contributed by atoms with E-state index in [2.05, 4.69) is 34.5 Å². The first-order valence-corrected chi connectivity index (χ1v) is 7.55. The minimum absolute atomic E-state index is 0.821. The molecule has 1 fully saturated rings. The van der Waals surface area contributed by atoms with Crippen LogP contribution in [0.25, 0.3) is 0 Å². The number of nitrogens with one attached hydrogen (secondary N) is 1. The molecule has 19 heavy (non-hydrogen) atoms. The van der Waals surface area contributed by atoms with Gasteiger partial charge in [0.25, 0.3) is 0 Å². The highest BCUT2D eigenvalue weighted by Gasteiger charge is 2.17. The maximum Gasteiger partial charge on any atom is 0.123 e. The van der Waals surface area contributed by atoms with E-state index in [1.165, 1.54) is 44.5 Å². The number of para-hydroxylation sites is 1. The highest BCUT2D eigenvalue weighted by molar-refractivity contribution is 5.33. The average molecular weight is 260 g/mol. The van der Waals surface area contributed by atoms with Crippen molar-refractivity contribution in [3.8, 4) is 5.75 Å². The van der Waals surface area contributed by atoms with Crippen LogP contribution in [0.2, 0.25) is 0 Å². The van der Waals surface area contributed by atoms with E-state index < -0.39 is 0 Å². The normalized spacial score (nSPS) is 23.7. The summed E-state index contributed by atoms with van der Waals surface area (Å²) in [6, 6.07) is 8.44. The molecule has 1 unspecified atom stereocenters. The van der Waals surface area contributed by atoms with Crippen LogP contribution < -0.4 is 10.1 Å². The molecular weight excluding hydrogens is 236 g/mol. The van der Waals surface area contributed by atoms with Gasteiger partial charge in [0.15, 0.2) is 0 Å². The zero-order chi connectivity index (χ0) is 12.9. The van der Waals surface area contributed by atoms with Crippen molar-refractivity contribution in [2.24, 2.45) is 5.92 Å². The van der Waals surface area contributed by atoms with E-state index in [0.29, 0.717) is 0 Å². The Balaban J connectivity index is 1.48. The molecule has 2 aliphatic heterocycles. The van der Waals surface area contributed by atoms with Crippen LogP contribution in [-0.4, -0.2) is 37.7 Å². The highest BCUT2D eigenvalue weighted by Crippen LogP contribution is 2.23. The Morgan fingerprint density at radius 2 is 2.26 bits per heavy atom. The molecule has 3 rings (SSSR count). The van der Waals surface area contributed by atoms with E-state index in [1.54, 1.807) is 0 Å². The maximum atomic E-state index is 5.81. The largest absolute Gasteiger partial charge is 0.492 e. The van der Waals surface area contributed by atoms with Gasteiger partial charge < -0.3 is 10.1 Å². The van der Waals surface area contributed by atoms with Crippen molar-refractivity contribution in [3.63, 3.8) is 0 Å². The monoisotopic (exact) mass is 260 g/mol. The van der Waals surface area contributed by atoms with Crippen LogP contribution in [0.4, 0.5) is 0 Å². The predicted octanol–water partition coefficient (Wildman–Crippen LogP) is 2.27. The van der Waals surface area contributed by atoms with E-state index in [4.69, 9.17) is 4.74 Å². The molecular formula is C16H24N2O. The van der Waals surface area contributed by atoms with E-state index in [0.717, 1.165) is 31.4 Å². The van der Waals surface area contributed by atoms with Crippen LogP contribution in [0.1, 0.15) is 24.8 Å². The zero-order valence-corrected chi connectivity index (χ0v) is 11.6. The van der Waals surface area contributed by atoms with Crippen LogP contribution in [0.3, 0.4) is 0 Å². The van der Waals surface area contributed by atoms with Gasteiger partial charge in [-0.1, -0.05) is 18.2 Å². The molecule has 1 atom stereocenters. The van der Waals surface area contributed by atoms with Crippen LogP contribution in [0.5, 0.6) is 5.75 Å². The Kier molecular flexibility index (Phi) is 4.36. The fraction of sp³-hybridized carbons (Fsp3) is 0.625. The number of benzene rings is 1. The molecule has 0 saturated carbocycles. The van der Waals surface area contributed by atoms with E-state index in [9.17, 15) is 0 Å². The Bertz CT molecular complexity index is 401. The van der Waals surface area contributed by atoms with Crippen molar-refractivity contribution in [3.05, 3.63) is 29.8 Å². The molecule has 0 aromatic heterocycles. The topological polar surface area (TPSA) is 24.5 Å². The van der Waals surface area contributed by atoms with Gasteiger partial charge in [-0.2, -0.15) is 0 Å². The van der Waals surface area contributed by atoms with Crippen LogP contribution in [-0.2, 0) is 6.54 Å². The highest BCUT2D eigenvalue weighted by atomic mass is 16.5. The molecule has 1 aromatic rings. The number of ether oxygens (including phenoxy) is 1. The summed E-state index contributed by atoms with van der Waals surface area (Å²) in [6.45, 7) is 6.56. The van der Waals surface area contributed by atoms with Crippen molar-refractivity contribution in [2.45, 2.75) is 25.8 Å². The molecule has 2 heterocycles. The Labute approximate surface area is 115 Å². The Morgan fingerprint density at radius 3 is 3.16 bits per heavy atom. The second-order valence-corrected chi connectivity index (χ2v) is 5.73. The van der Waals surface area contributed by atoms with Gasteiger partial charge >= 0.3 is 0 Å². The maximum absolute atomic E-state index is 5.81. The van der Waals surface area contributed by atoms with Crippen molar-refractivity contribution in [2.75, 3.05) is 32.8 Å². The summed E-state index contributed by atoms with van der Waals surface area (Å²) in [4.78, 5) is 2.54. The Morgan fingerprint density at radius 1 is 1.32 bits per heavy atom. The number of hydrogen-bond acceptors (Lipinski definition) is 3. The summed E-state index contributed by atoms with van der Waals surface area (Å²) in [5.41, 5.74) is 1.34. The summed E-state index contributed by atoms with van der Waals surface area (Å²) in [5.74, 6) is 1.99. The first-order valence-electron chi connectivity index (χ1n) is 7.55. The summed E-state index contributed by atoms with van der Waals surface area (Å²) in [5, 5.41) is 3.45. The number of hydrogen-bond donors (Lipinski definition) is 1. The van der Waals surface area contributed by atoms with E-state index in [1.807, 2.05) is 0 Å². The number of fused-ring (bicyclic) bond motifs is 1. The van der Waals surface area contributed by atoms with Gasteiger partial charge in [-0.05, 0) is 50.9 Å². The van der Waals surface area contributed by atoms with Gasteiger partial charge in [0.2, 0.25) is 0 Å². The van der Waals surface area contributed by atoms with Crippen molar-refractivity contribution >= 4 is 0 Å². The molecule has 0 radical (unpaired) electrons. The summed E-state index contributed by atoms with van der Waals surface area (Å²) >= 11 is 0. The minimum Gasteiger partial charge on any atom is -0.492 e. The van der Waals surface area contributed by atoms with Gasteiger partial charge in [0, 0.05) is 18.7 Å². The molecule has 0 bridgehead atoms. The van der Waals surface area contributed by atoms with Crippen molar-refractivity contribution in [1.29, 1.82) is 0 Å². The van der Waals surface area contributed by atoms with Gasteiger partial charge in [0.1, 0.15) is 12.4 Å². The third kappa shape index (κ3) is 3.48. The number of rotatable bonds is 4. The van der Waals surface area contributed by atoms with Gasteiger partial charge in [-0.15, -0.1) is 0 Å². The third-order valence-electron chi connectivity index (χ3n) is 4.28. The van der Waals surface area contributed by atoms with Gasteiger partial charge in [-0.3, -0.25) is 4.90 Å². The Hall–Kier alpha value is -1.06. The standard InChI is InChI=1S/C16H24N2O/c1-2-6-16-15(5-1)13-18(10-11-19-16)9-3-4-14-7-8-17-12-14/h1-2,5-6,14,17H,3-4,7-13H2. The minimum atomic E-state index is 0.821. The third-order valence-corrected chi connectivity index (χ3v) is 4.28. The van der Waals surface area contributed by atoms with Crippen LogP contribution in [0.15, 0.2) is 24.3 Å². The smallest absolute Gasteiger partial charge is 0.123 e. The molecule has 2 aliphatic rings. The van der Waals surface area contributed by atoms with Crippen molar-refractivity contribution < 1.29 is 4.74 Å². The molecule has 0 aliphatic carbocycles. The molecule has 1 saturated heterocycles. The SMILES string of the molecule is c1ccc2c(c1)CN(CCCC1CCNC1)CCO2. The van der Waals surface area contributed by atoms with Gasteiger partial charge in [0.05, 0.1) is 0 Å².